The molecule has 8 nitrogen and oxygen atoms in total. The monoisotopic (exact) mass is 452 g/mol. The van der Waals surface area contributed by atoms with Crippen LogP contribution in [0.5, 0.6) is 23.0 Å². The number of nitrogens with one attached hydrogen (secondary N) is 1. The first-order valence-corrected chi connectivity index (χ1v) is 10.7. The lowest BCUT2D eigenvalue weighted by Gasteiger charge is -2.20. The van der Waals surface area contributed by atoms with Gasteiger partial charge in [-0.1, -0.05) is 0 Å². The van der Waals surface area contributed by atoms with E-state index in [0.717, 1.165) is 35.1 Å². The Kier molecular flexibility index (Phi) is 6.44. The summed E-state index contributed by atoms with van der Waals surface area (Å²) in [5.74, 6) is 2.08. The molecule has 2 aliphatic rings. The molecule has 4 rings (SSSR count). The van der Waals surface area contributed by atoms with Crippen molar-refractivity contribution in [2.24, 2.45) is 0 Å². The standard InChI is InChI=1S/C25H28N2O6/c1-30-20-9-15-7-8-27(25(29)12-17(15)11-22(20)32-3)14-24(28)26-19-6-5-16-10-21(31-2)23(33-4)13-18(16)19/h7-11,13,19H,5-6,12,14H2,1-4H3,(H,26,28)/t19-/m1/s1. The van der Waals surface area contributed by atoms with Crippen LogP contribution in [0.15, 0.2) is 30.5 Å². The molecule has 0 spiro atoms. The van der Waals surface area contributed by atoms with Gasteiger partial charge in [-0.2, -0.15) is 0 Å². The van der Waals surface area contributed by atoms with Crippen LogP contribution in [-0.4, -0.2) is 51.7 Å². The van der Waals surface area contributed by atoms with Crippen LogP contribution in [0.4, 0.5) is 0 Å². The molecule has 8 heteroatoms. The largest absolute Gasteiger partial charge is 0.493 e. The predicted octanol–water partition coefficient (Wildman–Crippen LogP) is 2.88. The first-order valence-electron chi connectivity index (χ1n) is 10.7. The van der Waals surface area contributed by atoms with Gasteiger partial charge in [0.05, 0.1) is 40.9 Å². The van der Waals surface area contributed by atoms with Crippen molar-refractivity contribution in [1.82, 2.24) is 10.2 Å². The minimum absolute atomic E-state index is 0.0588. The molecule has 1 heterocycles. The summed E-state index contributed by atoms with van der Waals surface area (Å²) in [6.45, 7) is -0.0588. The van der Waals surface area contributed by atoms with Gasteiger partial charge in [0.15, 0.2) is 23.0 Å². The van der Waals surface area contributed by atoms with Gasteiger partial charge in [0.1, 0.15) is 6.54 Å². The molecule has 33 heavy (non-hydrogen) atoms. The maximum atomic E-state index is 12.9. The van der Waals surface area contributed by atoms with Crippen LogP contribution in [0.1, 0.15) is 34.7 Å². The van der Waals surface area contributed by atoms with Crippen molar-refractivity contribution in [2.45, 2.75) is 25.3 Å². The summed E-state index contributed by atoms with van der Waals surface area (Å²) in [4.78, 5) is 27.1. The molecule has 1 aliphatic heterocycles. The van der Waals surface area contributed by atoms with Crippen molar-refractivity contribution in [2.75, 3.05) is 35.0 Å². The van der Waals surface area contributed by atoms with E-state index in [1.807, 2.05) is 24.3 Å². The van der Waals surface area contributed by atoms with Gasteiger partial charge in [0.25, 0.3) is 0 Å². The van der Waals surface area contributed by atoms with E-state index in [4.69, 9.17) is 18.9 Å². The number of ether oxygens (including phenoxy) is 4. The van der Waals surface area contributed by atoms with Gasteiger partial charge in [0.2, 0.25) is 11.8 Å². The van der Waals surface area contributed by atoms with E-state index in [1.165, 1.54) is 4.90 Å². The van der Waals surface area contributed by atoms with Crippen molar-refractivity contribution in [3.05, 3.63) is 52.7 Å². The molecule has 0 bridgehead atoms. The second-order valence-electron chi connectivity index (χ2n) is 7.98. The van der Waals surface area contributed by atoms with E-state index in [1.54, 1.807) is 40.7 Å². The second kappa shape index (κ2) is 9.44. The van der Waals surface area contributed by atoms with Crippen molar-refractivity contribution in [3.8, 4) is 23.0 Å². The van der Waals surface area contributed by atoms with Gasteiger partial charge < -0.3 is 29.2 Å². The number of carbonyl (C=O) groups excluding carboxylic acids is 2. The van der Waals surface area contributed by atoms with Crippen LogP contribution in [0.3, 0.4) is 0 Å². The normalized spacial score (nSPS) is 16.5. The Hall–Kier alpha value is -3.68. The maximum Gasteiger partial charge on any atom is 0.240 e. The summed E-state index contributed by atoms with van der Waals surface area (Å²) in [5, 5.41) is 3.07. The number of hydrogen-bond donors (Lipinski definition) is 1. The molecular formula is C25H28N2O6. The smallest absolute Gasteiger partial charge is 0.240 e. The van der Waals surface area contributed by atoms with Crippen LogP contribution in [0.25, 0.3) is 6.08 Å². The number of hydrogen-bond acceptors (Lipinski definition) is 6. The number of nitrogens with zero attached hydrogens (tertiary/aromatic N) is 1. The fourth-order valence-corrected chi connectivity index (χ4v) is 4.38. The van der Waals surface area contributed by atoms with Crippen molar-refractivity contribution in [1.29, 1.82) is 0 Å². The summed E-state index contributed by atoms with van der Waals surface area (Å²) in [6, 6.07) is 7.38. The van der Waals surface area contributed by atoms with Gasteiger partial charge >= 0.3 is 0 Å². The third-order valence-corrected chi connectivity index (χ3v) is 6.11. The Morgan fingerprint density at radius 3 is 2.21 bits per heavy atom. The molecule has 2 amide bonds. The zero-order valence-corrected chi connectivity index (χ0v) is 19.3. The van der Waals surface area contributed by atoms with E-state index in [2.05, 4.69) is 5.32 Å². The molecule has 1 aliphatic carbocycles. The van der Waals surface area contributed by atoms with E-state index >= 15 is 0 Å². The quantitative estimate of drug-likeness (QED) is 0.695. The lowest BCUT2D eigenvalue weighted by molar-refractivity contribution is -0.133. The summed E-state index contributed by atoms with van der Waals surface area (Å²) in [6.07, 6.45) is 5.25. The number of rotatable bonds is 7. The molecule has 2 aromatic carbocycles. The van der Waals surface area contributed by atoms with E-state index < -0.39 is 0 Å². The molecule has 0 unspecified atom stereocenters. The van der Waals surface area contributed by atoms with Crippen LogP contribution >= 0.6 is 0 Å². The van der Waals surface area contributed by atoms with Gasteiger partial charge in [-0.25, -0.2) is 0 Å². The minimum Gasteiger partial charge on any atom is -0.493 e. The Balaban J connectivity index is 1.46. The summed E-state index contributed by atoms with van der Waals surface area (Å²) in [5.41, 5.74) is 3.82. The molecule has 1 N–H and O–H groups in total. The zero-order chi connectivity index (χ0) is 23.5. The minimum atomic E-state index is -0.221. The SMILES string of the molecule is COc1cc2c(cc1OC)CC(=O)N(CC(=O)N[C@@H]1CCc3cc(OC)c(OC)cc31)C=C2. The topological polar surface area (TPSA) is 86.3 Å². The summed E-state index contributed by atoms with van der Waals surface area (Å²) in [7, 11) is 6.32. The average Bonchev–Trinajstić information content (AvgIpc) is 3.14. The highest BCUT2D eigenvalue weighted by Gasteiger charge is 2.28. The van der Waals surface area contributed by atoms with E-state index in [-0.39, 0.29) is 30.8 Å². The maximum absolute atomic E-state index is 12.9. The lowest BCUT2D eigenvalue weighted by Crippen LogP contribution is -2.39. The Bertz CT molecular complexity index is 1110. The lowest BCUT2D eigenvalue weighted by atomic mass is 10.0. The third kappa shape index (κ3) is 4.46. The molecule has 0 radical (unpaired) electrons. The molecular weight excluding hydrogens is 424 g/mol. The summed E-state index contributed by atoms with van der Waals surface area (Å²) < 4.78 is 21.5. The molecule has 0 saturated heterocycles. The number of carbonyl (C=O) groups is 2. The number of methoxy groups -OCH3 is 4. The predicted molar refractivity (Wildman–Crippen MR) is 123 cm³/mol. The van der Waals surface area contributed by atoms with Gasteiger partial charge in [-0.3, -0.25) is 9.59 Å². The molecule has 174 valence electrons. The van der Waals surface area contributed by atoms with E-state index in [0.29, 0.717) is 23.0 Å². The first-order chi connectivity index (χ1) is 16.0. The molecule has 0 fully saturated rings. The van der Waals surface area contributed by atoms with Crippen LogP contribution in [0.2, 0.25) is 0 Å². The average molecular weight is 453 g/mol. The van der Waals surface area contributed by atoms with Gasteiger partial charge in [-0.05, 0) is 65.4 Å². The molecule has 1 atom stereocenters. The van der Waals surface area contributed by atoms with Crippen molar-refractivity contribution < 1.29 is 28.5 Å². The van der Waals surface area contributed by atoms with Crippen molar-refractivity contribution >= 4 is 17.9 Å². The highest BCUT2D eigenvalue weighted by atomic mass is 16.5. The number of amides is 2. The highest BCUT2D eigenvalue weighted by molar-refractivity contribution is 5.89. The third-order valence-electron chi connectivity index (χ3n) is 6.11. The molecule has 2 aromatic rings. The fourth-order valence-electron chi connectivity index (χ4n) is 4.38. The Morgan fingerprint density at radius 2 is 1.55 bits per heavy atom. The molecule has 0 aromatic heterocycles. The van der Waals surface area contributed by atoms with Crippen LogP contribution in [0, 0.1) is 0 Å². The van der Waals surface area contributed by atoms with Crippen LogP contribution < -0.4 is 24.3 Å². The van der Waals surface area contributed by atoms with E-state index in [9.17, 15) is 9.59 Å². The molecule has 0 saturated carbocycles. The van der Waals surface area contributed by atoms with Crippen molar-refractivity contribution in [3.63, 3.8) is 0 Å². The number of aryl methyl sites for hydroxylation is 1. The zero-order valence-electron chi connectivity index (χ0n) is 19.3. The fraction of sp³-hybridized carbons (Fsp3) is 0.360. The highest BCUT2D eigenvalue weighted by Crippen LogP contribution is 2.39. The Morgan fingerprint density at radius 1 is 0.939 bits per heavy atom. The first kappa shape index (κ1) is 22.5. The number of fused-ring (bicyclic) bond motifs is 2. The van der Waals surface area contributed by atoms with Gasteiger partial charge in [-0.15, -0.1) is 0 Å². The number of benzene rings is 2. The Labute approximate surface area is 193 Å². The second-order valence-corrected chi connectivity index (χ2v) is 7.98. The van der Waals surface area contributed by atoms with Crippen LogP contribution in [-0.2, 0) is 22.4 Å². The summed E-state index contributed by atoms with van der Waals surface area (Å²) >= 11 is 0. The van der Waals surface area contributed by atoms with Gasteiger partial charge in [0, 0.05) is 6.20 Å².